The smallest absolute Gasteiger partial charge is 0.333 e. The van der Waals surface area contributed by atoms with Gasteiger partial charge in [-0.05, 0) is 36.1 Å². The minimum atomic E-state index is -0.494. The SMILES string of the molecule is O=C(Cc1ccc(F)cc1)NNC(=O)NCCCOCCc1ccccc1. The van der Waals surface area contributed by atoms with Gasteiger partial charge in [0, 0.05) is 13.2 Å². The van der Waals surface area contributed by atoms with Crippen molar-refractivity contribution in [2.45, 2.75) is 19.3 Å². The lowest BCUT2D eigenvalue weighted by atomic mass is 10.1. The van der Waals surface area contributed by atoms with E-state index in [2.05, 4.69) is 28.3 Å². The fourth-order valence-electron chi connectivity index (χ4n) is 2.32. The molecule has 0 saturated carbocycles. The predicted octanol–water partition coefficient (Wildman–Crippen LogP) is 2.35. The number of carbonyl (C=O) groups excluding carboxylic acids is 2. The highest BCUT2D eigenvalue weighted by Crippen LogP contribution is 2.03. The van der Waals surface area contributed by atoms with Crippen LogP contribution in [0, 0.1) is 5.82 Å². The Labute approximate surface area is 158 Å². The molecule has 6 nitrogen and oxygen atoms in total. The molecule has 0 fully saturated rings. The highest BCUT2D eigenvalue weighted by molar-refractivity contribution is 5.82. The predicted molar refractivity (Wildman–Crippen MR) is 100 cm³/mol. The minimum Gasteiger partial charge on any atom is -0.381 e. The first-order valence-corrected chi connectivity index (χ1v) is 8.82. The highest BCUT2D eigenvalue weighted by atomic mass is 19.1. The van der Waals surface area contributed by atoms with E-state index in [0.717, 1.165) is 6.42 Å². The van der Waals surface area contributed by atoms with Crippen LogP contribution in [-0.4, -0.2) is 31.7 Å². The molecule has 0 atom stereocenters. The second-order valence-electron chi connectivity index (χ2n) is 5.93. The number of ether oxygens (including phenoxy) is 1. The lowest BCUT2D eigenvalue weighted by Crippen LogP contribution is -2.47. The minimum absolute atomic E-state index is 0.0514. The van der Waals surface area contributed by atoms with Crippen molar-refractivity contribution >= 4 is 11.9 Å². The Balaban J connectivity index is 1.47. The van der Waals surface area contributed by atoms with Gasteiger partial charge < -0.3 is 10.1 Å². The van der Waals surface area contributed by atoms with Gasteiger partial charge in [0.05, 0.1) is 13.0 Å². The molecule has 2 rings (SSSR count). The number of amides is 3. The van der Waals surface area contributed by atoms with Crippen molar-refractivity contribution in [1.29, 1.82) is 0 Å². The molecule has 2 aromatic rings. The summed E-state index contributed by atoms with van der Waals surface area (Å²) in [6, 6.07) is 15.2. The average Bonchev–Trinajstić information content (AvgIpc) is 2.68. The van der Waals surface area contributed by atoms with Crippen LogP contribution in [0.15, 0.2) is 54.6 Å². The molecule has 3 amide bonds. The molecule has 2 aromatic carbocycles. The van der Waals surface area contributed by atoms with Gasteiger partial charge in [0.1, 0.15) is 5.82 Å². The number of benzene rings is 2. The number of hydrogen-bond acceptors (Lipinski definition) is 3. The number of carbonyl (C=O) groups is 2. The number of hydrazine groups is 1. The maximum absolute atomic E-state index is 12.8. The van der Waals surface area contributed by atoms with Crippen molar-refractivity contribution in [1.82, 2.24) is 16.2 Å². The highest BCUT2D eigenvalue weighted by Gasteiger charge is 2.05. The van der Waals surface area contributed by atoms with Crippen molar-refractivity contribution in [3.05, 3.63) is 71.5 Å². The Kier molecular flexibility index (Phi) is 8.79. The molecular formula is C20H24FN3O3. The summed E-state index contributed by atoms with van der Waals surface area (Å²) in [5, 5.41) is 2.62. The van der Waals surface area contributed by atoms with E-state index < -0.39 is 6.03 Å². The molecule has 0 aliphatic rings. The van der Waals surface area contributed by atoms with E-state index in [4.69, 9.17) is 4.74 Å². The van der Waals surface area contributed by atoms with Crippen LogP contribution in [0.1, 0.15) is 17.5 Å². The van der Waals surface area contributed by atoms with Crippen LogP contribution in [0.4, 0.5) is 9.18 Å². The molecule has 0 aromatic heterocycles. The Morgan fingerprint density at radius 3 is 2.37 bits per heavy atom. The topological polar surface area (TPSA) is 79.5 Å². The maximum Gasteiger partial charge on any atom is 0.333 e. The number of halogens is 1. The van der Waals surface area contributed by atoms with E-state index in [9.17, 15) is 14.0 Å². The number of hydrogen-bond donors (Lipinski definition) is 3. The van der Waals surface area contributed by atoms with Gasteiger partial charge in [0.15, 0.2) is 0 Å². The van der Waals surface area contributed by atoms with Gasteiger partial charge in [-0.1, -0.05) is 42.5 Å². The monoisotopic (exact) mass is 373 g/mol. The summed E-state index contributed by atoms with van der Waals surface area (Å²) in [5.74, 6) is -0.748. The fraction of sp³-hybridized carbons (Fsp3) is 0.300. The number of urea groups is 1. The van der Waals surface area contributed by atoms with Crippen molar-refractivity contribution in [3.63, 3.8) is 0 Å². The Bertz CT molecular complexity index is 708. The molecule has 3 N–H and O–H groups in total. The summed E-state index contributed by atoms with van der Waals surface area (Å²) in [6.07, 6.45) is 1.58. The third kappa shape index (κ3) is 8.82. The molecule has 7 heteroatoms. The van der Waals surface area contributed by atoms with Crippen molar-refractivity contribution in [3.8, 4) is 0 Å². The molecule has 144 valence electrons. The molecule has 0 unspecified atom stereocenters. The first kappa shape index (κ1) is 20.4. The zero-order chi connectivity index (χ0) is 19.3. The summed E-state index contributed by atoms with van der Waals surface area (Å²) in [7, 11) is 0. The van der Waals surface area contributed by atoms with Gasteiger partial charge in [-0.25, -0.2) is 14.6 Å². The molecule has 0 saturated heterocycles. The number of nitrogens with one attached hydrogen (secondary N) is 3. The standard InChI is InChI=1S/C20H24FN3O3/c21-18-9-7-17(8-10-18)15-19(25)23-24-20(26)22-12-4-13-27-14-11-16-5-2-1-3-6-16/h1-3,5-10H,4,11-15H2,(H,23,25)(H2,22,24,26). The zero-order valence-electron chi connectivity index (χ0n) is 15.0. The van der Waals surface area contributed by atoms with Crippen molar-refractivity contribution in [2.75, 3.05) is 19.8 Å². The Morgan fingerprint density at radius 1 is 0.889 bits per heavy atom. The van der Waals surface area contributed by atoms with E-state index in [1.165, 1.54) is 29.8 Å². The molecule has 0 heterocycles. The molecule has 0 aliphatic carbocycles. The van der Waals surface area contributed by atoms with Crippen LogP contribution in [0.2, 0.25) is 0 Å². The Hall–Kier alpha value is -2.93. The van der Waals surface area contributed by atoms with Crippen LogP contribution in [-0.2, 0) is 22.4 Å². The summed E-state index contributed by atoms with van der Waals surface area (Å²) in [6.45, 7) is 1.62. The number of rotatable bonds is 9. The summed E-state index contributed by atoms with van der Waals surface area (Å²) in [5.41, 5.74) is 6.46. The van der Waals surface area contributed by atoms with Crippen molar-refractivity contribution < 1.29 is 18.7 Å². The molecular weight excluding hydrogens is 349 g/mol. The van der Waals surface area contributed by atoms with Gasteiger partial charge in [0.2, 0.25) is 5.91 Å². The largest absolute Gasteiger partial charge is 0.381 e. The first-order chi connectivity index (χ1) is 13.1. The lowest BCUT2D eigenvalue weighted by molar-refractivity contribution is -0.121. The van der Waals surface area contributed by atoms with E-state index in [1.54, 1.807) is 0 Å². The molecule has 0 bridgehead atoms. The second-order valence-corrected chi connectivity index (χ2v) is 5.93. The quantitative estimate of drug-likeness (QED) is 0.466. The van der Waals surface area contributed by atoms with E-state index >= 15 is 0 Å². The van der Waals surface area contributed by atoms with Crippen LogP contribution in [0.3, 0.4) is 0 Å². The second kappa shape index (κ2) is 11.6. The lowest BCUT2D eigenvalue weighted by Gasteiger charge is -2.09. The third-order valence-corrected chi connectivity index (χ3v) is 3.72. The van der Waals surface area contributed by atoms with Crippen molar-refractivity contribution in [2.24, 2.45) is 0 Å². The van der Waals surface area contributed by atoms with Crippen LogP contribution >= 0.6 is 0 Å². The van der Waals surface area contributed by atoms with E-state index in [1.807, 2.05) is 18.2 Å². The molecule has 0 aliphatic heterocycles. The van der Waals surface area contributed by atoms with Crippen LogP contribution < -0.4 is 16.2 Å². The van der Waals surface area contributed by atoms with E-state index in [0.29, 0.717) is 31.7 Å². The molecule has 0 radical (unpaired) electrons. The first-order valence-electron chi connectivity index (χ1n) is 8.82. The maximum atomic E-state index is 12.8. The molecule has 0 spiro atoms. The van der Waals surface area contributed by atoms with Gasteiger partial charge in [-0.2, -0.15) is 0 Å². The van der Waals surface area contributed by atoms with Crippen LogP contribution in [0.5, 0.6) is 0 Å². The average molecular weight is 373 g/mol. The third-order valence-electron chi connectivity index (χ3n) is 3.72. The van der Waals surface area contributed by atoms with E-state index in [-0.39, 0.29) is 18.1 Å². The normalized spacial score (nSPS) is 10.3. The van der Waals surface area contributed by atoms with Crippen LogP contribution in [0.25, 0.3) is 0 Å². The molecule has 27 heavy (non-hydrogen) atoms. The zero-order valence-corrected chi connectivity index (χ0v) is 15.0. The summed E-state index contributed by atoms with van der Waals surface area (Å²) in [4.78, 5) is 23.3. The summed E-state index contributed by atoms with van der Waals surface area (Å²) < 4.78 is 18.3. The van der Waals surface area contributed by atoms with Gasteiger partial charge in [-0.3, -0.25) is 10.2 Å². The fourth-order valence-corrected chi connectivity index (χ4v) is 2.32. The Morgan fingerprint density at radius 2 is 1.63 bits per heavy atom. The summed E-state index contributed by atoms with van der Waals surface area (Å²) >= 11 is 0. The van der Waals surface area contributed by atoms with Gasteiger partial charge >= 0.3 is 6.03 Å². The van der Waals surface area contributed by atoms with Gasteiger partial charge in [-0.15, -0.1) is 0 Å². The van der Waals surface area contributed by atoms with Gasteiger partial charge in [0.25, 0.3) is 0 Å².